The summed E-state index contributed by atoms with van der Waals surface area (Å²) in [5.41, 5.74) is 2.51. The van der Waals surface area contributed by atoms with Crippen LogP contribution in [0.3, 0.4) is 0 Å². The van der Waals surface area contributed by atoms with Crippen molar-refractivity contribution in [3.05, 3.63) is 50.6 Å². The van der Waals surface area contributed by atoms with Gasteiger partial charge in [-0.3, -0.25) is 4.98 Å². The Bertz CT molecular complexity index is 516. The molecule has 0 saturated heterocycles. The molecule has 0 amide bonds. The first-order valence-corrected chi connectivity index (χ1v) is 7.94. The van der Waals surface area contributed by atoms with Gasteiger partial charge in [0.1, 0.15) is 5.82 Å². The van der Waals surface area contributed by atoms with Crippen molar-refractivity contribution in [3.63, 3.8) is 0 Å². The number of thiazole rings is 1. The monoisotopic (exact) mass is 342 g/mol. The van der Waals surface area contributed by atoms with Crippen molar-refractivity contribution in [3.8, 4) is 0 Å². The Labute approximate surface area is 125 Å². The Kier molecular flexibility index (Phi) is 5.48. The van der Waals surface area contributed by atoms with Crippen molar-refractivity contribution in [2.24, 2.45) is 0 Å². The van der Waals surface area contributed by atoms with Crippen LogP contribution in [0.25, 0.3) is 0 Å². The van der Waals surface area contributed by atoms with Crippen LogP contribution in [0.5, 0.6) is 0 Å². The molecule has 0 fully saturated rings. The molecule has 2 nitrogen and oxygen atoms in total. The van der Waals surface area contributed by atoms with Gasteiger partial charge >= 0.3 is 0 Å². The van der Waals surface area contributed by atoms with E-state index in [0.29, 0.717) is 10.0 Å². The first-order valence-electron chi connectivity index (χ1n) is 6.27. The maximum atomic E-state index is 14.2. The molecule has 0 aliphatic carbocycles. The predicted octanol–water partition coefficient (Wildman–Crippen LogP) is 4.33. The lowest BCUT2D eigenvalue weighted by molar-refractivity contribution is 0.497. The molecule has 1 atom stereocenters. The third-order valence-corrected chi connectivity index (χ3v) is 4.30. The zero-order chi connectivity index (χ0) is 13.7. The second kappa shape index (κ2) is 7.12. The molecule has 2 rings (SSSR count). The molecular weight excluding hydrogens is 327 g/mol. The van der Waals surface area contributed by atoms with Gasteiger partial charge in [0.2, 0.25) is 0 Å². The van der Waals surface area contributed by atoms with Gasteiger partial charge in [0.15, 0.2) is 0 Å². The molecule has 2 aromatic rings. The van der Waals surface area contributed by atoms with Crippen LogP contribution in [0.2, 0.25) is 0 Å². The molecule has 0 aliphatic heterocycles. The van der Waals surface area contributed by atoms with E-state index in [-0.39, 0.29) is 11.9 Å². The number of rotatable bonds is 6. The van der Waals surface area contributed by atoms with Crippen molar-refractivity contribution < 1.29 is 4.39 Å². The lowest BCUT2D eigenvalue weighted by atomic mass is 10.0. The molecule has 1 N–H and O–H groups in total. The number of halogens is 2. The van der Waals surface area contributed by atoms with Gasteiger partial charge in [-0.25, -0.2) is 4.39 Å². The molecule has 1 aromatic heterocycles. The van der Waals surface area contributed by atoms with Crippen molar-refractivity contribution in [1.82, 2.24) is 10.3 Å². The SMILES string of the molecule is CCCNC(Cc1cncs1)c1cccc(Br)c1F. The normalized spacial score (nSPS) is 12.6. The number of benzene rings is 1. The van der Waals surface area contributed by atoms with Gasteiger partial charge in [-0.2, -0.15) is 0 Å². The van der Waals surface area contributed by atoms with Gasteiger partial charge in [0, 0.05) is 29.1 Å². The fourth-order valence-electron chi connectivity index (χ4n) is 1.94. The molecule has 5 heteroatoms. The minimum absolute atomic E-state index is 0.0158. The van der Waals surface area contributed by atoms with E-state index in [0.717, 1.165) is 24.3 Å². The fraction of sp³-hybridized carbons (Fsp3) is 0.357. The highest BCUT2D eigenvalue weighted by Gasteiger charge is 2.17. The lowest BCUT2D eigenvalue weighted by Gasteiger charge is -2.19. The van der Waals surface area contributed by atoms with Gasteiger partial charge in [-0.15, -0.1) is 11.3 Å². The molecule has 0 saturated carbocycles. The number of hydrogen-bond acceptors (Lipinski definition) is 3. The van der Waals surface area contributed by atoms with E-state index in [9.17, 15) is 4.39 Å². The van der Waals surface area contributed by atoms with Crippen LogP contribution in [0.1, 0.15) is 29.8 Å². The molecule has 19 heavy (non-hydrogen) atoms. The topological polar surface area (TPSA) is 24.9 Å². The van der Waals surface area contributed by atoms with Gasteiger partial charge in [-0.05, 0) is 35.0 Å². The van der Waals surface area contributed by atoms with E-state index in [1.807, 2.05) is 23.8 Å². The summed E-state index contributed by atoms with van der Waals surface area (Å²) in [5.74, 6) is -0.180. The Balaban J connectivity index is 2.23. The molecule has 0 bridgehead atoms. The smallest absolute Gasteiger partial charge is 0.142 e. The van der Waals surface area contributed by atoms with Crippen LogP contribution in [0.4, 0.5) is 4.39 Å². The summed E-state index contributed by atoms with van der Waals surface area (Å²) in [7, 11) is 0. The molecule has 0 radical (unpaired) electrons. The number of aromatic nitrogens is 1. The molecule has 1 heterocycles. The fourth-order valence-corrected chi connectivity index (χ4v) is 2.97. The first-order chi connectivity index (χ1) is 9.22. The summed E-state index contributed by atoms with van der Waals surface area (Å²) < 4.78 is 14.7. The van der Waals surface area contributed by atoms with Crippen LogP contribution in [-0.2, 0) is 6.42 Å². The summed E-state index contributed by atoms with van der Waals surface area (Å²) in [5, 5.41) is 3.41. The van der Waals surface area contributed by atoms with Gasteiger partial charge < -0.3 is 5.32 Å². The predicted molar refractivity (Wildman–Crippen MR) is 81.0 cm³/mol. The van der Waals surface area contributed by atoms with Crippen molar-refractivity contribution in [2.75, 3.05) is 6.54 Å². The number of nitrogens with zero attached hydrogens (tertiary/aromatic N) is 1. The highest BCUT2D eigenvalue weighted by atomic mass is 79.9. The van der Waals surface area contributed by atoms with Crippen LogP contribution in [0.15, 0.2) is 34.4 Å². The molecule has 0 spiro atoms. The molecule has 102 valence electrons. The maximum absolute atomic E-state index is 14.2. The average molecular weight is 343 g/mol. The molecule has 0 aliphatic rings. The number of nitrogens with one attached hydrogen (secondary N) is 1. The zero-order valence-corrected chi connectivity index (χ0v) is 13.1. The van der Waals surface area contributed by atoms with Crippen LogP contribution >= 0.6 is 27.3 Å². The molecule has 1 aromatic carbocycles. The third kappa shape index (κ3) is 3.84. The van der Waals surface area contributed by atoms with E-state index in [4.69, 9.17) is 0 Å². The summed E-state index contributed by atoms with van der Waals surface area (Å²) in [4.78, 5) is 5.24. The minimum atomic E-state index is -0.180. The van der Waals surface area contributed by atoms with E-state index in [2.05, 4.69) is 33.2 Å². The van der Waals surface area contributed by atoms with Crippen LogP contribution in [0, 0.1) is 5.82 Å². The van der Waals surface area contributed by atoms with Crippen LogP contribution < -0.4 is 5.32 Å². The summed E-state index contributed by atoms with van der Waals surface area (Å²) >= 11 is 4.85. The Morgan fingerprint density at radius 2 is 2.32 bits per heavy atom. The Morgan fingerprint density at radius 3 is 3.00 bits per heavy atom. The highest BCUT2D eigenvalue weighted by molar-refractivity contribution is 9.10. The standard InChI is InChI=1S/C14H16BrFN2S/c1-2-6-18-13(7-10-8-17-9-19-10)11-4-3-5-12(15)14(11)16/h3-5,8-9,13,18H,2,6-7H2,1H3. The van der Waals surface area contributed by atoms with Crippen molar-refractivity contribution >= 4 is 27.3 Å². The van der Waals surface area contributed by atoms with Gasteiger partial charge in [0.25, 0.3) is 0 Å². The Hall–Kier alpha value is -0.780. The van der Waals surface area contributed by atoms with E-state index in [1.54, 1.807) is 17.4 Å². The highest BCUT2D eigenvalue weighted by Crippen LogP contribution is 2.27. The van der Waals surface area contributed by atoms with E-state index >= 15 is 0 Å². The van der Waals surface area contributed by atoms with Gasteiger partial charge in [0.05, 0.1) is 9.98 Å². The molecule has 1 unspecified atom stereocenters. The maximum Gasteiger partial charge on any atom is 0.142 e. The second-order valence-electron chi connectivity index (χ2n) is 4.32. The van der Waals surface area contributed by atoms with Crippen molar-refractivity contribution in [2.45, 2.75) is 25.8 Å². The molecular formula is C14H16BrFN2S. The second-order valence-corrected chi connectivity index (χ2v) is 6.15. The third-order valence-electron chi connectivity index (χ3n) is 2.89. The summed E-state index contributed by atoms with van der Waals surface area (Å²) in [6, 6.07) is 5.42. The summed E-state index contributed by atoms with van der Waals surface area (Å²) in [6.45, 7) is 2.98. The Morgan fingerprint density at radius 1 is 1.47 bits per heavy atom. The lowest BCUT2D eigenvalue weighted by Crippen LogP contribution is -2.24. The van der Waals surface area contributed by atoms with E-state index in [1.165, 1.54) is 0 Å². The van der Waals surface area contributed by atoms with Gasteiger partial charge in [-0.1, -0.05) is 19.1 Å². The average Bonchev–Trinajstić information content (AvgIpc) is 2.91. The first kappa shape index (κ1) is 14.6. The number of hydrogen-bond donors (Lipinski definition) is 1. The summed E-state index contributed by atoms with van der Waals surface area (Å²) in [6.07, 6.45) is 3.63. The zero-order valence-electron chi connectivity index (χ0n) is 10.7. The van der Waals surface area contributed by atoms with Crippen molar-refractivity contribution in [1.29, 1.82) is 0 Å². The van der Waals surface area contributed by atoms with Crippen LogP contribution in [-0.4, -0.2) is 11.5 Å². The minimum Gasteiger partial charge on any atom is -0.310 e. The largest absolute Gasteiger partial charge is 0.310 e. The quantitative estimate of drug-likeness (QED) is 0.845. The van der Waals surface area contributed by atoms with E-state index < -0.39 is 0 Å².